The van der Waals surface area contributed by atoms with Gasteiger partial charge in [0.1, 0.15) is 0 Å². The molecule has 1 aromatic rings. The Kier molecular flexibility index (Phi) is 8.55. The zero-order valence-electron chi connectivity index (χ0n) is 14.0. The highest BCUT2D eigenvalue weighted by Crippen LogP contribution is 2.05. The van der Waals surface area contributed by atoms with Crippen LogP contribution in [0.1, 0.15) is 40.0 Å². The monoisotopic (exact) mass is 293 g/mol. The van der Waals surface area contributed by atoms with Crippen LogP contribution in [-0.2, 0) is 6.54 Å². The number of unbranched alkanes of at least 4 members (excludes halogenated alkanes) is 1. The molecule has 21 heavy (non-hydrogen) atoms. The van der Waals surface area contributed by atoms with Gasteiger partial charge in [0.2, 0.25) is 0 Å². The van der Waals surface area contributed by atoms with Crippen LogP contribution in [-0.4, -0.2) is 35.9 Å². The Balaban J connectivity index is 2.13. The first-order chi connectivity index (χ1) is 10.1. The zero-order chi connectivity index (χ0) is 15.5. The summed E-state index contributed by atoms with van der Waals surface area (Å²) in [4.78, 5) is 4.26. The van der Waals surface area contributed by atoms with Crippen molar-refractivity contribution in [3.8, 4) is 0 Å². The first-order valence-electron chi connectivity index (χ1n) is 8.03. The Hall–Kier alpha value is -1.52. The Labute approximate surface area is 129 Å². The minimum Gasteiger partial charge on any atom is -0.356 e. The molecule has 1 heterocycles. The normalized spacial score (nSPS) is 13.5. The quantitative estimate of drug-likeness (QED) is 0.418. The van der Waals surface area contributed by atoms with Gasteiger partial charge in [0.25, 0.3) is 0 Å². The summed E-state index contributed by atoms with van der Waals surface area (Å²) in [7, 11) is 1.82. The van der Waals surface area contributed by atoms with Crippen LogP contribution in [0, 0.1) is 11.8 Å². The maximum Gasteiger partial charge on any atom is 0.190 e. The van der Waals surface area contributed by atoms with Crippen molar-refractivity contribution in [3.05, 3.63) is 18.5 Å². The van der Waals surface area contributed by atoms with E-state index in [0.717, 1.165) is 31.5 Å². The van der Waals surface area contributed by atoms with Crippen molar-refractivity contribution < 1.29 is 0 Å². The molecule has 0 aliphatic heterocycles. The molecule has 0 aromatic carbocycles. The van der Waals surface area contributed by atoms with Crippen LogP contribution < -0.4 is 10.6 Å². The van der Waals surface area contributed by atoms with E-state index in [4.69, 9.17) is 0 Å². The van der Waals surface area contributed by atoms with E-state index in [1.54, 1.807) is 0 Å². The summed E-state index contributed by atoms with van der Waals surface area (Å²) in [6.45, 7) is 9.56. The Bertz CT molecular complexity index is 383. The smallest absolute Gasteiger partial charge is 0.190 e. The molecule has 0 bridgehead atoms. The van der Waals surface area contributed by atoms with Gasteiger partial charge in [-0.1, -0.05) is 33.6 Å². The maximum absolute atomic E-state index is 4.26. The Morgan fingerprint density at radius 2 is 2.05 bits per heavy atom. The Morgan fingerprint density at radius 1 is 1.24 bits per heavy atom. The van der Waals surface area contributed by atoms with Gasteiger partial charge in [-0.2, -0.15) is 5.10 Å². The largest absolute Gasteiger partial charge is 0.356 e. The number of rotatable bonds is 9. The zero-order valence-corrected chi connectivity index (χ0v) is 14.0. The summed E-state index contributed by atoms with van der Waals surface area (Å²) in [6.07, 6.45) is 7.59. The number of hydrogen-bond donors (Lipinski definition) is 2. The van der Waals surface area contributed by atoms with Crippen LogP contribution in [0.4, 0.5) is 0 Å². The molecule has 1 unspecified atom stereocenters. The molecule has 0 fully saturated rings. The van der Waals surface area contributed by atoms with E-state index >= 15 is 0 Å². The van der Waals surface area contributed by atoms with Gasteiger partial charge in [-0.15, -0.1) is 0 Å². The second-order valence-electron chi connectivity index (χ2n) is 6.10. The fourth-order valence-electron chi connectivity index (χ4n) is 2.17. The summed E-state index contributed by atoms with van der Waals surface area (Å²) >= 11 is 0. The van der Waals surface area contributed by atoms with Gasteiger partial charge < -0.3 is 10.6 Å². The van der Waals surface area contributed by atoms with E-state index < -0.39 is 0 Å². The lowest BCUT2D eigenvalue weighted by molar-refractivity contribution is 0.443. The van der Waals surface area contributed by atoms with E-state index in [-0.39, 0.29) is 0 Å². The molecule has 0 aliphatic carbocycles. The van der Waals surface area contributed by atoms with Crippen LogP contribution in [0.3, 0.4) is 0 Å². The van der Waals surface area contributed by atoms with Gasteiger partial charge in [0.15, 0.2) is 5.96 Å². The molecule has 0 saturated carbocycles. The van der Waals surface area contributed by atoms with Gasteiger partial charge >= 0.3 is 0 Å². The van der Waals surface area contributed by atoms with Crippen LogP contribution in [0.25, 0.3) is 0 Å². The van der Waals surface area contributed by atoms with Crippen molar-refractivity contribution in [1.82, 2.24) is 20.4 Å². The summed E-state index contributed by atoms with van der Waals surface area (Å²) < 4.78 is 1.97. The van der Waals surface area contributed by atoms with Crippen molar-refractivity contribution >= 4 is 5.96 Å². The molecule has 1 atom stereocenters. The van der Waals surface area contributed by atoms with E-state index in [1.165, 1.54) is 19.3 Å². The summed E-state index contributed by atoms with van der Waals surface area (Å²) in [6, 6.07) is 1.96. The third-order valence-electron chi connectivity index (χ3n) is 3.40. The predicted molar refractivity (Wildman–Crippen MR) is 89.4 cm³/mol. The number of aliphatic imine (C=N–C) groups is 1. The molecule has 2 N–H and O–H groups in total. The van der Waals surface area contributed by atoms with Gasteiger partial charge in [-0.3, -0.25) is 9.67 Å². The van der Waals surface area contributed by atoms with Crippen LogP contribution >= 0.6 is 0 Å². The topological polar surface area (TPSA) is 54.2 Å². The van der Waals surface area contributed by atoms with Crippen molar-refractivity contribution in [2.75, 3.05) is 20.1 Å². The second-order valence-corrected chi connectivity index (χ2v) is 6.10. The second kappa shape index (κ2) is 10.2. The number of guanidine groups is 1. The standard InChI is InChI=1S/C16H31N5/c1-14(2)8-5-6-9-18-16(17-4)19-12-15(3)13-21-11-7-10-20-21/h7,10-11,14-15H,5-6,8-9,12-13H2,1-4H3,(H2,17,18,19). The highest BCUT2D eigenvalue weighted by atomic mass is 15.3. The van der Waals surface area contributed by atoms with E-state index in [9.17, 15) is 0 Å². The lowest BCUT2D eigenvalue weighted by atomic mass is 10.1. The molecular weight excluding hydrogens is 262 g/mol. The third kappa shape index (κ3) is 8.38. The summed E-state index contributed by atoms with van der Waals surface area (Å²) in [5, 5.41) is 11.0. The molecular formula is C16H31N5. The average molecular weight is 293 g/mol. The highest BCUT2D eigenvalue weighted by molar-refractivity contribution is 5.79. The van der Waals surface area contributed by atoms with Crippen LogP contribution in [0.15, 0.2) is 23.5 Å². The number of nitrogens with zero attached hydrogens (tertiary/aromatic N) is 3. The average Bonchev–Trinajstić information content (AvgIpc) is 2.94. The molecule has 120 valence electrons. The van der Waals surface area contributed by atoms with Crippen LogP contribution in [0.2, 0.25) is 0 Å². The first-order valence-corrected chi connectivity index (χ1v) is 8.03. The van der Waals surface area contributed by atoms with Crippen molar-refractivity contribution in [2.45, 2.75) is 46.6 Å². The molecule has 0 saturated heterocycles. The van der Waals surface area contributed by atoms with Gasteiger partial charge in [0, 0.05) is 39.1 Å². The molecule has 1 aromatic heterocycles. The van der Waals surface area contributed by atoms with E-state index in [1.807, 2.05) is 30.2 Å². The molecule has 1 rings (SSSR count). The lowest BCUT2D eigenvalue weighted by Gasteiger charge is -2.16. The van der Waals surface area contributed by atoms with Crippen molar-refractivity contribution in [1.29, 1.82) is 0 Å². The highest BCUT2D eigenvalue weighted by Gasteiger charge is 2.05. The maximum atomic E-state index is 4.26. The van der Waals surface area contributed by atoms with Gasteiger partial charge in [0.05, 0.1) is 0 Å². The van der Waals surface area contributed by atoms with E-state index in [2.05, 4.69) is 41.5 Å². The minimum absolute atomic E-state index is 0.504. The van der Waals surface area contributed by atoms with E-state index in [0.29, 0.717) is 5.92 Å². The summed E-state index contributed by atoms with van der Waals surface area (Å²) in [5.74, 6) is 2.20. The fraction of sp³-hybridized carbons (Fsp3) is 0.750. The lowest BCUT2D eigenvalue weighted by Crippen LogP contribution is -2.40. The molecule has 5 heteroatoms. The van der Waals surface area contributed by atoms with Crippen molar-refractivity contribution in [3.63, 3.8) is 0 Å². The summed E-state index contributed by atoms with van der Waals surface area (Å²) in [5.41, 5.74) is 0. The van der Waals surface area contributed by atoms with Gasteiger partial charge in [-0.05, 0) is 24.3 Å². The first kappa shape index (κ1) is 17.5. The minimum atomic E-state index is 0.504. The Morgan fingerprint density at radius 3 is 2.67 bits per heavy atom. The molecule has 0 radical (unpaired) electrons. The fourth-order valence-corrected chi connectivity index (χ4v) is 2.17. The van der Waals surface area contributed by atoms with Gasteiger partial charge in [-0.25, -0.2) is 0 Å². The third-order valence-corrected chi connectivity index (χ3v) is 3.40. The van der Waals surface area contributed by atoms with Crippen molar-refractivity contribution in [2.24, 2.45) is 16.8 Å². The molecule has 5 nitrogen and oxygen atoms in total. The number of hydrogen-bond acceptors (Lipinski definition) is 2. The SMILES string of the molecule is CN=C(NCCCCC(C)C)NCC(C)Cn1cccn1. The molecule has 0 amide bonds. The predicted octanol–water partition coefficient (Wildman–Crippen LogP) is 2.51. The van der Waals surface area contributed by atoms with Crippen LogP contribution in [0.5, 0.6) is 0 Å². The molecule has 0 aliphatic rings. The number of nitrogens with one attached hydrogen (secondary N) is 2. The molecule has 0 spiro atoms. The number of aromatic nitrogens is 2.